The van der Waals surface area contributed by atoms with E-state index in [2.05, 4.69) is 31.2 Å². The Labute approximate surface area is 157 Å². The van der Waals surface area contributed by atoms with E-state index in [1.807, 2.05) is 16.7 Å². The van der Waals surface area contributed by atoms with Gasteiger partial charge in [-0.3, -0.25) is 4.79 Å². The van der Waals surface area contributed by atoms with Gasteiger partial charge in [-0.2, -0.15) is 11.8 Å². The third-order valence-corrected chi connectivity index (χ3v) is 6.71. The summed E-state index contributed by atoms with van der Waals surface area (Å²) >= 11 is 3.42. The van der Waals surface area contributed by atoms with Gasteiger partial charge in [0.05, 0.1) is 5.75 Å². The molecule has 1 atom stereocenters. The van der Waals surface area contributed by atoms with Crippen LogP contribution in [0.15, 0.2) is 53.4 Å². The lowest BCUT2D eigenvalue weighted by atomic mass is 10.0. The molecule has 1 aliphatic rings. The van der Waals surface area contributed by atoms with Crippen molar-refractivity contribution in [2.24, 2.45) is 0 Å². The number of hydrogen-bond donors (Lipinski definition) is 0. The number of aryl methyl sites for hydroxylation is 1. The minimum atomic E-state index is -0.248. The molecule has 132 valence electrons. The highest BCUT2D eigenvalue weighted by molar-refractivity contribution is 8.00. The van der Waals surface area contributed by atoms with Crippen LogP contribution in [0.4, 0.5) is 4.39 Å². The lowest BCUT2D eigenvalue weighted by molar-refractivity contribution is -0.128. The molecule has 0 spiro atoms. The van der Waals surface area contributed by atoms with E-state index in [0.29, 0.717) is 11.0 Å². The largest absolute Gasteiger partial charge is 0.341 e. The molecule has 1 fully saturated rings. The van der Waals surface area contributed by atoms with Crippen LogP contribution in [0, 0.1) is 12.7 Å². The summed E-state index contributed by atoms with van der Waals surface area (Å²) in [6.07, 6.45) is 0.989. The number of halogens is 1. The van der Waals surface area contributed by atoms with Crippen molar-refractivity contribution in [3.63, 3.8) is 0 Å². The number of rotatable bonds is 4. The van der Waals surface area contributed by atoms with Crippen LogP contribution in [0.3, 0.4) is 0 Å². The molecule has 1 saturated heterocycles. The van der Waals surface area contributed by atoms with E-state index >= 15 is 0 Å². The van der Waals surface area contributed by atoms with Gasteiger partial charge < -0.3 is 4.90 Å². The summed E-state index contributed by atoms with van der Waals surface area (Å²) < 4.78 is 12.9. The number of amides is 1. The van der Waals surface area contributed by atoms with Gasteiger partial charge in [0, 0.05) is 29.0 Å². The van der Waals surface area contributed by atoms with Gasteiger partial charge in [-0.15, -0.1) is 11.8 Å². The average Bonchev–Trinajstić information content (AvgIpc) is 2.87. The minimum absolute atomic E-state index is 0.167. The van der Waals surface area contributed by atoms with Gasteiger partial charge in [0.1, 0.15) is 5.82 Å². The van der Waals surface area contributed by atoms with E-state index in [9.17, 15) is 9.18 Å². The van der Waals surface area contributed by atoms with E-state index in [1.54, 1.807) is 12.1 Å². The van der Waals surface area contributed by atoms with E-state index in [0.717, 1.165) is 30.2 Å². The second-order valence-electron chi connectivity index (χ2n) is 6.13. The van der Waals surface area contributed by atoms with Gasteiger partial charge in [-0.1, -0.05) is 24.3 Å². The first-order chi connectivity index (χ1) is 12.1. The van der Waals surface area contributed by atoms with Crippen LogP contribution in [0.5, 0.6) is 0 Å². The normalized spacial score (nSPS) is 18.0. The Hall–Kier alpha value is -1.46. The highest BCUT2D eigenvalue weighted by Crippen LogP contribution is 2.36. The second kappa shape index (κ2) is 8.77. The molecule has 1 heterocycles. The Morgan fingerprint density at radius 3 is 2.72 bits per heavy atom. The number of thioether (sulfide) groups is 2. The van der Waals surface area contributed by atoms with Gasteiger partial charge in [0.15, 0.2) is 0 Å². The van der Waals surface area contributed by atoms with Crippen LogP contribution >= 0.6 is 23.5 Å². The lowest BCUT2D eigenvalue weighted by Gasteiger charge is -2.20. The molecule has 2 nitrogen and oxygen atoms in total. The summed E-state index contributed by atoms with van der Waals surface area (Å²) in [5.41, 5.74) is 2.72. The van der Waals surface area contributed by atoms with Crippen molar-refractivity contribution in [3.8, 4) is 0 Å². The number of benzene rings is 2. The fraction of sp³-hybridized carbons (Fsp3) is 0.350. The van der Waals surface area contributed by atoms with Gasteiger partial charge in [0.2, 0.25) is 5.91 Å². The van der Waals surface area contributed by atoms with Gasteiger partial charge in [0.25, 0.3) is 0 Å². The van der Waals surface area contributed by atoms with E-state index in [-0.39, 0.29) is 11.7 Å². The predicted molar refractivity (Wildman–Crippen MR) is 105 cm³/mol. The quantitative estimate of drug-likeness (QED) is 0.707. The Kier molecular flexibility index (Phi) is 6.43. The monoisotopic (exact) mass is 375 g/mol. The molecule has 0 radical (unpaired) electrons. The standard InChI is InChI=1S/C20H22FNOS2/c1-15-4-2-3-5-18(15)19-10-11-22(12-13-24-19)20(23)14-25-17-8-6-16(21)7-9-17/h2-9,19H,10-14H2,1H3. The molecule has 0 N–H and O–H groups in total. The molecule has 0 aliphatic carbocycles. The van der Waals surface area contributed by atoms with Crippen molar-refractivity contribution in [2.75, 3.05) is 24.6 Å². The van der Waals surface area contributed by atoms with E-state index in [1.165, 1.54) is 35.0 Å². The van der Waals surface area contributed by atoms with Crippen LogP contribution < -0.4 is 0 Å². The zero-order chi connectivity index (χ0) is 17.6. The molecule has 5 heteroatoms. The maximum atomic E-state index is 12.9. The number of hydrogen-bond acceptors (Lipinski definition) is 3. The topological polar surface area (TPSA) is 20.3 Å². The average molecular weight is 376 g/mol. The molecule has 0 saturated carbocycles. The zero-order valence-corrected chi connectivity index (χ0v) is 15.9. The van der Waals surface area contributed by atoms with E-state index in [4.69, 9.17) is 0 Å². The van der Waals surface area contributed by atoms with Crippen molar-refractivity contribution in [2.45, 2.75) is 23.5 Å². The summed E-state index contributed by atoms with van der Waals surface area (Å²) in [7, 11) is 0. The summed E-state index contributed by atoms with van der Waals surface area (Å²) in [6.45, 7) is 3.76. The summed E-state index contributed by atoms with van der Waals surface area (Å²) in [5.74, 6) is 1.29. The molecule has 1 unspecified atom stereocenters. The maximum Gasteiger partial charge on any atom is 0.232 e. The fourth-order valence-corrected chi connectivity index (χ4v) is 5.11. The van der Waals surface area contributed by atoms with Crippen LogP contribution in [-0.2, 0) is 4.79 Å². The zero-order valence-electron chi connectivity index (χ0n) is 14.3. The molecule has 25 heavy (non-hydrogen) atoms. The Bertz CT molecular complexity index is 720. The highest BCUT2D eigenvalue weighted by Gasteiger charge is 2.22. The van der Waals surface area contributed by atoms with Crippen LogP contribution in [0.1, 0.15) is 22.8 Å². The molecular formula is C20H22FNOS2. The molecule has 0 bridgehead atoms. The first kappa shape index (κ1) is 18.3. The number of carbonyl (C=O) groups is 1. The minimum Gasteiger partial charge on any atom is -0.341 e. The summed E-state index contributed by atoms with van der Waals surface area (Å²) in [4.78, 5) is 15.4. The van der Waals surface area contributed by atoms with Crippen molar-refractivity contribution in [1.29, 1.82) is 0 Å². The molecular weight excluding hydrogens is 353 g/mol. The molecule has 2 aromatic rings. The summed E-state index contributed by atoms with van der Waals surface area (Å²) in [6, 6.07) is 14.8. The maximum absolute atomic E-state index is 12.9. The molecule has 2 aromatic carbocycles. The highest BCUT2D eigenvalue weighted by atomic mass is 32.2. The summed E-state index contributed by atoms with van der Waals surface area (Å²) in [5, 5.41) is 0.462. The first-order valence-electron chi connectivity index (χ1n) is 8.47. The van der Waals surface area contributed by atoms with Crippen molar-refractivity contribution in [3.05, 3.63) is 65.5 Å². The Balaban J connectivity index is 1.54. The van der Waals surface area contributed by atoms with Crippen molar-refractivity contribution < 1.29 is 9.18 Å². The van der Waals surface area contributed by atoms with Gasteiger partial charge >= 0.3 is 0 Å². The molecule has 0 aromatic heterocycles. The van der Waals surface area contributed by atoms with Crippen LogP contribution in [0.25, 0.3) is 0 Å². The molecule has 1 aliphatic heterocycles. The smallest absolute Gasteiger partial charge is 0.232 e. The lowest BCUT2D eigenvalue weighted by Crippen LogP contribution is -2.34. The third-order valence-electron chi connectivity index (χ3n) is 4.41. The van der Waals surface area contributed by atoms with Crippen molar-refractivity contribution >= 4 is 29.4 Å². The van der Waals surface area contributed by atoms with E-state index < -0.39 is 0 Å². The van der Waals surface area contributed by atoms with Crippen LogP contribution in [0.2, 0.25) is 0 Å². The molecule has 3 rings (SSSR count). The number of carbonyl (C=O) groups excluding carboxylic acids is 1. The Morgan fingerprint density at radius 2 is 1.96 bits per heavy atom. The van der Waals surface area contributed by atoms with Crippen molar-refractivity contribution in [1.82, 2.24) is 4.90 Å². The first-order valence-corrected chi connectivity index (χ1v) is 10.5. The Morgan fingerprint density at radius 1 is 1.20 bits per heavy atom. The second-order valence-corrected chi connectivity index (χ2v) is 8.49. The number of nitrogens with zero attached hydrogens (tertiary/aromatic N) is 1. The fourth-order valence-electron chi connectivity index (χ4n) is 2.98. The predicted octanol–water partition coefficient (Wildman–Crippen LogP) is 4.93. The van der Waals surface area contributed by atoms with Crippen LogP contribution in [-0.4, -0.2) is 35.4 Å². The third kappa shape index (κ3) is 5.02. The van der Waals surface area contributed by atoms with Gasteiger partial charge in [-0.05, 0) is 48.7 Å². The molecule has 1 amide bonds. The van der Waals surface area contributed by atoms with Gasteiger partial charge in [-0.25, -0.2) is 4.39 Å². The SMILES string of the molecule is Cc1ccccc1C1CCN(C(=O)CSc2ccc(F)cc2)CCS1.